The second kappa shape index (κ2) is 13.3. The molecule has 8 nitrogen and oxygen atoms in total. The van der Waals surface area contributed by atoms with E-state index in [1.54, 1.807) is 7.11 Å². The summed E-state index contributed by atoms with van der Waals surface area (Å²) in [6.45, 7) is 8.11. The molecule has 9 heteroatoms. The number of methoxy groups -OCH3 is 1. The van der Waals surface area contributed by atoms with E-state index >= 15 is 0 Å². The molecule has 3 N–H and O–H groups in total. The number of nitrogens with zero attached hydrogens (tertiary/aromatic N) is 1. The van der Waals surface area contributed by atoms with E-state index in [-0.39, 0.29) is 42.5 Å². The maximum absolute atomic E-state index is 11.8. The minimum Gasteiger partial charge on any atom is -0.490 e. The van der Waals surface area contributed by atoms with E-state index in [9.17, 15) is 4.79 Å². The molecule has 0 aliphatic rings. The molecular weight excluding hydrogens is 487 g/mol. The summed E-state index contributed by atoms with van der Waals surface area (Å²) in [6, 6.07) is 7.66. The second-order valence-corrected chi connectivity index (χ2v) is 6.16. The number of nitrogens with one attached hydrogen (secondary N) is 3. The predicted octanol–water partition coefficient (Wildman–Crippen LogP) is 2.83. The molecule has 162 valence electrons. The van der Waals surface area contributed by atoms with Gasteiger partial charge in [0.15, 0.2) is 17.3 Å². The third kappa shape index (κ3) is 7.73. The first-order valence-electron chi connectivity index (χ1n) is 9.54. The molecule has 0 radical (unpaired) electrons. The maximum atomic E-state index is 11.8. The average molecular weight is 518 g/mol. The minimum absolute atomic E-state index is 0. The van der Waals surface area contributed by atoms with E-state index in [0.29, 0.717) is 32.3 Å². The van der Waals surface area contributed by atoms with Crippen molar-refractivity contribution in [1.82, 2.24) is 16.0 Å². The Morgan fingerprint density at radius 2 is 2.07 bits per heavy atom. The van der Waals surface area contributed by atoms with E-state index < -0.39 is 0 Å². The summed E-state index contributed by atoms with van der Waals surface area (Å²) in [5.41, 5.74) is 0.729. The summed E-state index contributed by atoms with van der Waals surface area (Å²) < 4.78 is 16.6. The Kier molecular flexibility index (Phi) is 11.4. The Balaban J connectivity index is 0.00000420. The summed E-state index contributed by atoms with van der Waals surface area (Å²) in [4.78, 5) is 16.2. The van der Waals surface area contributed by atoms with E-state index in [0.717, 1.165) is 22.5 Å². The standard InChI is InChI=1S/C20H30N4O4.HI/c1-5-21-20(23-13-18(25)22-10-11-26-4)24-14(3)17-12-15-8-7-9-16(27-6-2)19(15)28-17;/h7-9,12,14H,5-6,10-11,13H2,1-4H3,(H,22,25)(H2,21,23,24);1H. The van der Waals surface area contributed by atoms with Crippen LogP contribution in [0.25, 0.3) is 11.0 Å². The predicted molar refractivity (Wildman–Crippen MR) is 125 cm³/mol. The Morgan fingerprint density at radius 3 is 2.76 bits per heavy atom. The van der Waals surface area contributed by atoms with Crippen LogP contribution in [-0.4, -0.2) is 51.8 Å². The van der Waals surface area contributed by atoms with Crippen LogP contribution >= 0.6 is 24.0 Å². The molecule has 2 rings (SSSR count). The molecule has 1 heterocycles. The van der Waals surface area contributed by atoms with Gasteiger partial charge >= 0.3 is 0 Å². The molecular formula is C20H31IN4O4. The van der Waals surface area contributed by atoms with Crippen LogP contribution in [0.3, 0.4) is 0 Å². The molecule has 0 bridgehead atoms. The topological polar surface area (TPSA) is 97.1 Å². The van der Waals surface area contributed by atoms with Crippen molar-refractivity contribution in [2.75, 3.05) is 40.0 Å². The lowest BCUT2D eigenvalue weighted by Crippen LogP contribution is -2.39. The van der Waals surface area contributed by atoms with Crippen molar-refractivity contribution in [3.05, 3.63) is 30.0 Å². The van der Waals surface area contributed by atoms with Crippen molar-refractivity contribution in [3.8, 4) is 5.75 Å². The number of carbonyl (C=O) groups is 1. The van der Waals surface area contributed by atoms with Gasteiger partial charge in [-0.3, -0.25) is 4.79 Å². The van der Waals surface area contributed by atoms with E-state index in [4.69, 9.17) is 13.9 Å². The number of benzene rings is 1. The highest BCUT2D eigenvalue weighted by atomic mass is 127. The summed E-state index contributed by atoms with van der Waals surface area (Å²) in [6.07, 6.45) is 0. The van der Waals surface area contributed by atoms with Crippen molar-refractivity contribution in [2.24, 2.45) is 4.99 Å². The molecule has 2 aromatic rings. The van der Waals surface area contributed by atoms with Crippen molar-refractivity contribution < 1.29 is 18.7 Å². The highest BCUT2D eigenvalue weighted by Gasteiger charge is 2.15. The number of fused-ring (bicyclic) bond motifs is 1. The number of amides is 1. The molecule has 0 aliphatic heterocycles. The van der Waals surface area contributed by atoms with Gasteiger partial charge < -0.3 is 29.8 Å². The highest BCUT2D eigenvalue weighted by molar-refractivity contribution is 14.0. The Labute approximate surface area is 188 Å². The summed E-state index contributed by atoms with van der Waals surface area (Å²) in [7, 11) is 1.59. The van der Waals surface area contributed by atoms with Gasteiger partial charge in [-0.25, -0.2) is 4.99 Å². The molecule has 0 fully saturated rings. The van der Waals surface area contributed by atoms with Crippen LogP contribution in [0.5, 0.6) is 5.75 Å². The first-order valence-corrected chi connectivity index (χ1v) is 9.54. The molecule has 1 aromatic carbocycles. The van der Waals surface area contributed by atoms with Crippen molar-refractivity contribution in [1.29, 1.82) is 0 Å². The van der Waals surface area contributed by atoms with E-state index in [1.807, 2.05) is 45.0 Å². The van der Waals surface area contributed by atoms with Gasteiger partial charge in [-0.15, -0.1) is 24.0 Å². The van der Waals surface area contributed by atoms with Gasteiger partial charge in [-0.1, -0.05) is 12.1 Å². The van der Waals surface area contributed by atoms with Crippen LogP contribution in [-0.2, 0) is 9.53 Å². The zero-order valence-corrected chi connectivity index (χ0v) is 19.7. The van der Waals surface area contributed by atoms with Crippen LogP contribution < -0.4 is 20.7 Å². The zero-order valence-electron chi connectivity index (χ0n) is 17.4. The first-order chi connectivity index (χ1) is 13.6. The summed E-state index contributed by atoms with van der Waals surface area (Å²) in [5, 5.41) is 10.1. The Hall–Kier alpha value is -2.01. The summed E-state index contributed by atoms with van der Waals surface area (Å²) >= 11 is 0. The lowest BCUT2D eigenvalue weighted by Gasteiger charge is -2.16. The fourth-order valence-electron chi connectivity index (χ4n) is 2.63. The van der Waals surface area contributed by atoms with Crippen LogP contribution in [0.15, 0.2) is 33.7 Å². The monoisotopic (exact) mass is 518 g/mol. The fraction of sp³-hybridized carbons (Fsp3) is 0.500. The molecule has 0 saturated heterocycles. The third-order valence-corrected chi connectivity index (χ3v) is 3.96. The molecule has 0 saturated carbocycles. The lowest BCUT2D eigenvalue weighted by molar-refractivity contribution is -0.119. The summed E-state index contributed by atoms with van der Waals surface area (Å²) in [5.74, 6) is 1.87. The van der Waals surface area contributed by atoms with Gasteiger partial charge in [-0.2, -0.15) is 0 Å². The largest absolute Gasteiger partial charge is 0.490 e. The maximum Gasteiger partial charge on any atom is 0.241 e. The van der Waals surface area contributed by atoms with E-state index in [2.05, 4.69) is 20.9 Å². The number of hydrogen-bond donors (Lipinski definition) is 3. The lowest BCUT2D eigenvalue weighted by atomic mass is 10.2. The van der Waals surface area contributed by atoms with Gasteiger partial charge in [-0.05, 0) is 32.9 Å². The molecule has 1 atom stereocenters. The number of furan rings is 1. The molecule has 0 spiro atoms. The minimum atomic E-state index is -0.160. The van der Waals surface area contributed by atoms with Crippen LogP contribution in [0.4, 0.5) is 0 Å². The Morgan fingerprint density at radius 1 is 1.28 bits per heavy atom. The molecule has 1 aromatic heterocycles. The molecule has 29 heavy (non-hydrogen) atoms. The number of carbonyl (C=O) groups excluding carboxylic acids is 1. The number of halogens is 1. The zero-order chi connectivity index (χ0) is 20.4. The number of para-hydroxylation sites is 1. The van der Waals surface area contributed by atoms with Crippen molar-refractivity contribution in [2.45, 2.75) is 26.8 Å². The smallest absolute Gasteiger partial charge is 0.241 e. The second-order valence-electron chi connectivity index (χ2n) is 6.16. The van der Waals surface area contributed by atoms with Gasteiger partial charge in [0, 0.05) is 25.6 Å². The molecule has 1 unspecified atom stereocenters. The fourth-order valence-corrected chi connectivity index (χ4v) is 2.63. The van der Waals surface area contributed by atoms with Crippen LogP contribution in [0.2, 0.25) is 0 Å². The van der Waals surface area contributed by atoms with Crippen molar-refractivity contribution in [3.63, 3.8) is 0 Å². The number of aliphatic imine (C=N–C) groups is 1. The van der Waals surface area contributed by atoms with E-state index in [1.165, 1.54) is 0 Å². The highest BCUT2D eigenvalue weighted by Crippen LogP contribution is 2.31. The quantitative estimate of drug-likeness (QED) is 0.194. The van der Waals surface area contributed by atoms with Gasteiger partial charge in [0.05, 0.1) is 19.3 Å². The number of guanidine groups is 1. The Bertz CT molecular complexity index is 794. The normalized spacial score (nSPS) is 12.2. The van der Waals surface area contributed by atoms with Crippen molar-refractivity contribution >= 4 is 46.8 Å². The molecule has 0 aliphatic carbocycles. The van der Waals surface area contributed by atoms with Crippen LogP contribution in [0.1, 0.15) is 32.6 Å². The van der Waals surface area contributed by atoms with Gasteiger partial charge in [0.1, 0.15) is 12.3 Å². The average Bonchev–Trinajstić information content (AvgIpc) is 3.12. The number of hydrogen-bond acceptors (Lipinski definition) is 5. The first kappa shape index (κ1) is 25.0. The number of ether oxygens (including phenoxy) is 2. The van der Waals surface area contributed by atoms with Gasteiger partial charge in [0.25, 0.3) is 0 Å². The van der Waals surface area contributed by atoms with Gasteiger partial charge in [0.2, 0.25) is 5.91 Å². The number of rotatable bonds is 10. The van der Waals surface area contributed by atoms with Crippen LogP contribution in [0, 0.1) is 0 Å². The SMILES string of the molecule is CCNC(=NCC(=O)NCCOC)NC(C)c1cc2cccc(OCC)c2o1.I. The third-order valence-electron chi connectivity index (χ3n) is 3.96. The molecule has 1 amide bonds.